The van der Waals surface area contributed by atoms with Gasteiger partial charge >= 0.3 is 0 Å². The van der Waals surface area contributed by atoms with Crippen LogP contribution in [0.15, 0.2) is 12.1 Å². The van der Waals surface area contributed by atoms with Gasteiger partial charge < -0.3 is 10.1 Å². The van der Waals surface area contributed by atoms with Gasteiger partial charge in [0.15, 0.2) is 0 Å². The van der Waals surface area contributed by atoms with Crippen LogP contribution in [-0.4, -0.2) is 57.2 Å². The number of ether oxygens (including phenoxy) is 1. The topological polar surface area (TPSA) is 75.7 Å². The Morgan fingerprint density at radius 1 is 1.39 bits per heavy atom. The molecule has 0 saturated carbocycles. The Hall–Kier alpha value is -0.860. The lowest BCUT2D eigenvalue weighted by Crippen LogP contribution is -2.49. The Balaban J connectivity index is 1.97. The molecule has 2 rings (SSSR count). The molecule has 0 bridgehead atoms. The summed E-state index contributed by atoms with van der Waals surface area (Å²) in [5.41, 5.74) is 1.06. The van der Waals surface area contributed by atoms with E-state index in [1.54, 1.807) is 19.1 Å². The van der Waals surface area contributed by atoms with Gasteiger partial charge in [0.25, 0.3) is 5.91 Å². The molecule has 1 amide bonds. The van der Waals surface area contributed by atoms with Crippen molar-refractivity contribution in [3.63, 3.8) is 0 Å². The SMILES string of the molecule is Cc1c(Cl)cc(C(=O)NCC2CN(S(C)(=O)=O)CCO2)cc1Cl. The first-order valence-electron chi connectivity index (χ1n) is 6.99. The second-order valence-electron chi connectivity index (χ2n) is 5.39. The minimum absolute atomic E-state index is 0.202. The van der Waals surface area contributed by atoms with Crippen LogP contribution in [0.4, 0.5) is 0 Å². The fourth-order valence-corrected chi connectivity index (χ4v) is 3.53. The molecule has 1 fully saturated rings. The van der Waals surface area contributed by atoms with E-state index in [0.29, 0.717) is 34.3 Å². The normalized spacial score (nSPS) is 19.6. The highest BCUT2D eigenvalue weighted by atomic mass is 35.5. The largest absolute Gasteiger partial charge is 0.374 e. The van der Waals surface area contributed by atoms with E-state index in [-0.39, 0.29) is 25.1 Å². The molecule has 1 aromatic rings. The van der Waals surface area contributed by atoms with Crippen molar-refractivity contribution in [2.24, 2.45) is 0 Å². The van der Waals surface area contributed by atoms with E-state index in [2.05, 4.69) is 5.32 Å². The zero-order valence-electron chi connectivity index (χ0n) is 12.8. The first-order valence-corrected chi connectivity index (χ1v) is 9.59. The quantitative estimate of drug-likeness (QED) is 0.862. The zero-order valence-corrected chi connectivity index (χ0v) is 15.1. The van der Waals surface area contributed by atoms with Crippen LogP contribution in [0.25, 0.3) is 0 Å². The highest BCUT2D eigenvalue weighted by Gasteiger charge is 2.26. The number of morpholine rings is 1. The molecule has 6 nitrogen and oxygen atoms in total. The molecule has 1 aliphatic heterocycles. The molecule has 1 heterocycles. The third-order valence-electron chi connectivity index (χ3n) is 3.60. The van der Waals surface area contributed by atoms with Gasteiger partial charge in [0, 0.05) is 35.2 Å². The van der Waals surface area contributed by atoms with Crippen molar-refractivity contribution in [3.8, 4) is 0 Å². The molecule has 0 spiro atoms. The van der Waals surface area contributed by atoms with Gasteiger partial charge in [-0.05, 0) is 24.6 Å². The molecule has 23 heavy (non-hydrogen) atoms. The van der Waals surface area contributed by atoms with E-state index in [1.165, 1.54) is 4.31 Å². The molecule has 9 heteroatoms. The predicted molar refractivity (Wildman–Crippen MR) is 89.7 cm³/mol. The maximum Gasteiger partial charge on any atom is 0.251 e. The number of sulfonamides is 1. The Kier molecular flexibility index (Phi) is 5.91. The summed E-state index contributed by atoms with van der Waals surface area (Å²) in [7, 11) is -3.26. The summed E-state index contributed by atoms with van der Waals surface area (Å²) in [6, 6.07) is 3.09. The van der Waals surface area contributed by atoms with Crippen LogP contribution in [-0.2, 0) is 14.8 Å². The third kappa shape index (κ3) is 4.81. The van der Waals surface area contributed by atoms with Crippen molar-refractivity contribution >= 4 is 39.1 Å². The van der Waals surface area contributed by atoms with Crippen LogP contribution in [0.2, 0.25) is 10.0 Å². The number of benzene rings is 1. The smallest absolute Gasteiger partial charge is 0.251 e. The van der Waals surface area contributed by atoms with E-state index in [4.69, 9.17) is 27.9 Å². The minimum Gasteiger partial charge on any atom is -0.374 e. The summed E-state index contributed by atoms with van der Waals surface area (Å²) in [6.45, 7) is 2.81. The van der Waals surface area contributed by atoms with Crippen LogP contribution in [0.1, 0.15) is 15.9 Å². The van der Waals surface area contributed by atoms with Crippen LogP contribution < -0.4 is 5.32 Å². The van der Waals surface area contributed by atoms with Crippen molar-refractivity contribution in [2.75, 3.05) is 32.5 Å². The summed E-state index contributed by atoms with van der Waals surface area (Å²) in [6.07, 6.45) is 0.767. The fourth-order valence-electron chi connectivity index (χ4n) is 2.20. The second kappa shape index (κ2) is 7.36. The molecule has 1 N–H and O–H groups in total. The van der Waals surface area contributed by atoms with Gasteiger partial charge in [-0.1, -0.05) is 23.2 Å². The van der Waals surface area contributed by atoms with Crippen molar-refractivity contribution in [3.05, 3.63) is 33.3 Å². The van der Waals surface area contributed by atoms with Crippen LogP contribution >= 0.6 is 23.2 Å². The van der Waals surface area contributed by atoms with Crippen LogP contribution in [0.3, 0.4) is 0 Å². The number of nitrogens with zero attached hydrogens (tertiary/aromatic N) is 1. The zero-order chi connectivity index (χ0) is 17.2. The molecular formula is C14H18Cl2N2O4S. The van der Waals surface area contributed by atoms with E-state index >= 15 is 0 Å². The summed E-state index contributed by atoms with van der Waals surface area (Å²) >= 11 is 12.0. The highest BCUT2D eigenvalue weighted by Crippen LogP contribution is 2.25. The lowest BCUT2D eigenvalue weighted by Gasteiger charge is -2.31. The van der Waals surface area contributed by atoms with E-state index in [0.717, 1.165) is 6.26 Å². The summed E-state index contributed by atoms with van der Waals surface area (Å²) in [4.78, 5) is 12.2. The third-order valence-corrected chi connectivity index (χ3v) is 5.66. The molecule has 0 aliphatic carbocycles. The number of hydrogen-bond donors (Lipinski definition) is 1. The average Bonchev–Trinajstić information content (AvgIpc) is 2.49. The van der Waals surface area contributed by atoms with Crippen molar-refractivity contribution in [2.45, 2.75) is 13.0 Å². The molecular weight excluding hydrogens is 363 g/mol. The van der Waals surface area contributed by atoms with Gasteiger partial charge in [-0.25, -0.2) is 8.42 Å². The van der Waals surface area contributed by atoms with Gasteiger partial charge in [-0.15, -0.1) is 0 Å². The van der Waals surface area contributed by atoms with Crippen LogP contribution in [0.5, 0.6) is 0 Å². The highest BCUT2D eigenvalue weighted by molar-refractivity contribution is 7.88. The molecule has 1 atom stereocenters. The number of rotatable bonds is 4. The summed E-state index contributed by atoms with van der Waals surface area (Å²) < 4.78 is 29.9. The first kappa shape index (κ1) is 18.5. The molecule has 0 radical (unpaired) electrons. The van der Waals surface area contributed by atoms with Crippen molar-refractivity contribution < 1.29 is 17.9 Å². The molecule has 1 aromatic carbocycles. The lowest BCUT2D eigenvalue weighted by molar-refractivity contribution is 0.000438. The molecule has 0 aromatic heterocycles. The van der Waals surface area contributed by atoms with Gasteiger partial charge in [0.05, 0.1) is 19.0 Å². The van der Waals surface area contributed by atoms with Crippen LogP contribution in [0, 0.1) is 6.92 Å². The average molecular weight is 381 g/mol. The van der Waals surface area contributed by atoms with E-state index in [9.17, 15) is 13.2 Å². The first-order chi connectivity index (χ1) is 10.7. The van der Waals surface area contributed by atoms with E-state index < -0.39 is 10.0 Å². The van der Waals surface area contributed by atoms with Crippen molar-refractivity contribution in [1.82, 2.24) is 9.62 Å². The number of carbonyl (C=O) groups excluding carboxylic acids is 1. The van der Waals surface area contributed by atoms with Crippen molar-refractivity contribution in [1.29, 1.82) is 0 Å². The molecule has 1 unspecified atom stereocenters. The second-order valence-corrected chi connectivity index (χ2v) is 8.19. The molecule has 1 saturated heterocycles. The Bertz CT molecular complexity index is 686. The number of halogens is 2. The number of hydrogen-bond acceptors (Lipinski definition) is 4. The number of carbonyl (C=O) groups is 1. The maximum absolute atomic E-state index is 12.2. The standard InChI is InChI=1S/C14H18Cl2N2O4S/c1-9-12(15)5-10(6-13(9)16)14(19)17-7-11-8-18(3-4-22-11)23(2,20)21/h5-6,11H,3-4,7-8H2,1-2H3,(H,17,19). The van der Waals surface area contributed by atoms with E-state index in [1.807, 2.05) is 0 Å². The predicted octanol–water partition coefficient (Wildman–Crippen LogP) is 1.69. The Labute approximate surface area is 145 Å². The van der Waals surface area contributed by atoms with Gasteiger partial charge in [-0.2, -0.15) is 4.31 Å². The van der Waals surface area contributed by atoms with Gasteiger partial charge in [0.1, 0.15) is 0 Å². The van der Waals surface area contributed by atoms with Gasteiger partial charge in [-0.3, -0.25) is 4.79 Å². The van der Waals surface area contributed by atoms with Gasteiger partial charge in [0.2, 0.25) is 10.0 Å². The minimum atomic E-state index is -3.26. The summed E-state index contributed by atoms with van der Waals surface area (Å²) in [5, 5.41) is 3.54. The molecule has 1 aliphatic rings. The maximum atomic E-state index is 12.2. The monoisotopic (exact) mass is 380 g/mol. The Morgan fingerprint density at radius 3 is 2.57 bits per heavy atom. The summed E-state index contributed by atoms with van der Waals surface area (Å²) in [5.74, 6) is -0.339. The molecule has 128 valence electrons. The number of amides is 1. The lowest BCUT2D eigenvalue weighted by atomic mass is 10.1. The number of nitrogens with one attached hydrogen (secondary N) is 1. The fraction of sp³-hybridized carbons (Fsp3) is 0.500. The Morgan fingerprint density at radius 2 is 2.00 bits per heavy atom.